The van der Waals surface area contributed by atoms with Gasteiger partial charge in [0, 0.05) is 24.0 Å². The topological polar surface area (TPSA) is 146 Å². The average molecular weight is 535 g/mol. The first-order valence-electron chi connectivity index (χ1n) is 11.7. The predicted molar refractivity (Wildman–Crippen MR) is 131 cm³/mol. The van der Waals surface area contributed by atoms with Gasteiger partial charge in [-0.05, 0) is 43.7 Å². The van der Waals surface area contributed by atoms with Crippen molar-refractivity contribution in [3.63, 3.8) is 0 Å². The summed E-state index contributed by atoms with van der Waals surface area (Å²) in [6.45, 7) is 2.40. The largest absolute Gasteiger partial charge is 0.426 e. The number of nitriles is 1. The molecule has 39 heavy (non-hydrogen) atoms. The maximum atomic E-state index is 13.4. The molecule has 0 unspecified atom stereocenters. The van der Waals surface area contributed by atoms with Crippen molar-refractivity contribution in [2.24, 2.45) is 0 Å². The number of fused-ring (bicyclic) bond motifs is 1. The molecule has 0 saturated heterocycles. The standard InChI is InChI=1S/C25H20F3N9O2/c1-14(24-36-33-13-39-24)34-23(38)16-3-5-21(30-10-16)35-22-18-6-7-37(11-20(18)31-12-32-22)17-4-2-15(9-29)19(8-17)25(26,27)28/h2-5,8,10,12-14H,6-7,11H2,1H3,(H,34,38)(H,30,31,32,35)/t14-/m1/s1. The van der Waals surface area contributed by atoms with Gasteiger partial charge in [0.1, 0.15) is 24.0 Å². The molecule has 0 bridgehead atoms. The molecule has 4 heterocycles. The summed E-state index contributed by atoms with van der Waals surface area (Å²) in [5.74, 6) is 0.879. The highest BCUT2D eigenvalue weighted by Crippen LogP contribution is 2.36. The number of aromatic nitrogens is 5. The van der Waals surface area contributed by atoms with Crippen LogP contribution in [0.1, 0.15) is 51.6 Å². The minimum atomic E-state index is -4.64. The van der Waals surface area contributed by atoms with Gasteiger partial charge in [-0.25, -0.2) is 15.0 Å². The Morgan fingerprint density at radius 3 is 2.74 bits per heavy atom. The predicted octanol–water partition coefficient (Wildman–Crippen LogP) is 3.94. The molecule has 14 heteroatoms. The summed E-state index contributed by atoms with van der Waals surface area (Å²) in [6.07, 6.45) is -0.209. The molecule has 0 spiro atoms. The number of rotatable bonds is 6. The van der Waals surface area contributed by atoms with Crippen molar-refractivity contribution in [3.05, 3.63) is 83.1 Å². The third-order valence-electron chi connectivity index (χ3n) is 6.17. The molecule has 5 rings (SSSR count). The Morgan fingerprint density at radius 1 is 1.21 bits per heavy atom. The number of pyridine rings is 1. The molecule has 2 N–H and O–H groups in total. The summed E-state index contributed by atoms with van der Waals surface area (Å²) in [5.41, 5.74) is 0.760. The monoisotopic (exact) mass is 535 g/mol. The number of hydrogen-bond acceptors (Lipinski definition) is 10. The summed E-state index contributed by atoms with van der Waals surface area (Å²) in [7, 11) is 0. The van der Waals surface area contributed by atoms with Gasteiger partial charge in [0.25, 0.3) is 5.91 Å². The van der Waals surface area contributed by atoms with E-state index in [-0.39, 0.29) is 18.3 Å². The van der Waals surface area contributed by atoms with Crippen LogP contribution in [-0.2, 0) is 19.1 Å². The zero-order valence-corrected chi connectivity index (χ0v) is 20.4. The van der Waals surface area contributed by atoms with Gasteiger partial charge in [-0.15, -0.1) is 10.2 Å². The number of nitrogens with zero attached hydrogens (tertiary/aromatic N) is 7. The second kappa shape index (κ2) is 10.4. The smallest absolute Gasteiger partial charge is 0.417 e. The van der Waals surface area contributed by atoms with Gasteiger partial charge in [0.05, 0.1) is 35.0 Å². The molecule has 11 nitrogen and oxygen atoms in total. The van der Waals surface area contributed by atoms with E-state index in [0.717, 1.165) is 11.6 Å². The van der Waals surface area contributed by atoms with Crippen molar-refractivity contribution < 1.29 is 22.4 Å². The van der Waals surface area contributed by atoms with Crippen LogP contribution in [0.5, 0.6) is 0 Å². The normalized spacial score (nSPS) is 13.8. The van der Waals surface area contributed by atoms with Crippen LogP contribution in [0, 0.1) is 11.3 Å². The molecule has 0 saturated carbocycles. The van der Waals surface area contributed by atoms with Crippen LogP contribution in [-0.4, -0.2) is 37.6 Å². The number of carbonyl (C=O) groups is 1. The maximum Gasteiger partial charge on any atom is 0.417 e. The van der Waals surface area contributed by atoms with Gasteiger partial charge in [0.15, 0.2) is 0 Å². The minimum absolute atomic E-state index is 0.264. The fourth-order valence-corrected chi connectivity index (χ4v) is 4.18. The van der Waals surface area contributed by atoms with Crippen LogP contribution in [0.2, 0.25) is 0 Å². The first kappa shape index (κ1) is 25.6. The molecule has 4 aromatic rings. The Kier molecular flexibility index (Phi) is 6.80. The lowest BCUT2D eigenvalue weighted by Crippen LogP contribution is -2.32. The lowest BCUT2D eigenvalue weighted by atomic mass is 10.0. The van der Waals surface area contributed by atoms with E-state index in [1.54, 1.807) is 30.0 Å². The van der Waals surface area contributed by atoms with E-state index >= 15 is 0 Å². The zero-order chi connectivity index (χ0) is 27.6. The van der Waals surface area contributed by atoms with Gasteiger partial charge < -0.3 is 20.0 Å². The van der Waals surface area contributed by atoms with E-state index < -0.39 is 23.3 Å². The van der Waals surface area contributed by atoms with E-state index in [0.29, 0.717) is 41.5 Å². The summed E-state index contributed by atoms with van der Waals surface area (Å²) >= 11 is 0. The van der Waals surface area contributed by atoms with Crippen LogP contribution >= 0.6 is 0 Å². The van der Waals surface area contributed by atoms with Crippen LogP contribution in [0.15, 0.2) is 53.7 Å². The van der Waals surface area contributed by atoms with Gasteiger partial charge >= 0.3 is 6.18 Å². The molecule has 0 fully saturated rings. The van der Waals surface area contributed by atoms with Crippen molar-refractivity contribution in [1.29, 1.82) is 5.26 Å². The number of benzene rings is 1. The molecule has 198 valence electrons. The van der Waals surface area contributed by atoms with Gasteiger partial charge in [-0.3, -0.25) is 4.79 Å². The Hall–Kier alpha value is -5.06. The third kappa shape index (κ3) is 5.47. The molecule has 1 aromatic carbocycles. The Morgan fingerprint density at radius 2 is 2.05 bits per heavy atom. The first-order valence-corrected chi connectivity index (χ1v) is 11.7. The number of hydrogen-bond donors (Lipinski definition) is 2. The number of amides is 1. The third-order valence-corrected chi connectivity index (χ3v) is 6.17. The Balaban J connectivity index is 1.28. The van der Waals surface area contributed by atoms with Crippen LogP contribution in [0.4, 0.5) is 30.5 Å². The number of anilines is 3. The van der Waals surface area contributed by atoms with E-state index in [4.69, 9.17) is 9.68 Å². The molecule has 1 atom stereocenters. The molecule has 0 aliphatic carbocycles. The van der Waals surface area contributed by atoms with Crippen molar-refractivity contribution in [1.82, 2.24) is 30.5 Å². The SMILES string of the molecule is C[C@@H](NC(=O)c1ccc(Nc2ncnc3c2CCN(c2ccc(C#N)c(C(F)(F)F)c2)C3)nc1)c1nnco1. The van der Waals surface area contributed by atoms with Crippen LogP contribution in [0.25, 0.3) is 0 Å². The lowest BCUT2D eigenvalue weighted by Gasteiger charge is -2.31. The van der Waals surface area contributed by atoms with Crippen molar-refractivity contribution in [3.8, 4) is 6.07 Å². The number of carbonyl (C=O) groups excluding carboxylic acids is 1. The maximum absolute atomic E-state index is 13.4. The summed E-state index contributed by atoms with van der Waals surface area (Å²) in [4.78, 5) is 27.2. The van der Waals surface area contributed by atoms with Crippen molar-refractivity contribution >= 4 is 23.2 Å². The summed E-state index contributed by atoms with van der Waals surface area (Å²) in [5, 5.41) is 22.3. The number of nitrogens with one attached hydrogen (secondary N) is 2. The summed E-state index contributed by atoms with van der Waals surface area (Å²) < 4.78 is 45.4. The fraction of sp³-hybridized carbons (Fsp3) is 0.240. The second-order valence-electron chi connectivity index (χ2n) is 8.69. The Bertz CT molecular complexity index is 1530. The highest BCUT2D eigenvalue weighted by molar-refractivity contribution is 5.94. The van der Waals surface area contributed by atoms with Gasteiger partial charge in [-0.1, -0.05) is 0 Å². The highest BCUT2D eigenvalue weighted by Gasteiger charge is 2.34. The van der Waals surface area contributed by atoms with Gasteiger partial charge in [-0.2, -0.15) is 18.4 Å². The lowest BCUT2D eigenvalue weighted by molar-refractivity contribution is -0.137. The van der Waals surface area contributed by atoms with E-state index in [1.165, 1.54) is 31.1 Å². The van der Waals surface area contributed by atoms with Crippen molar-refractivity contribution in [2.75, 3.05) is 16.8 Å². The Labute approximate surface area is 219 Å². The quantitative estimate of drug-likeness (QED) is 0.372. The van der Waals surface area contributed by atoms with E-state index in [9.17, 15) is 18.0 Å². The molecule has 1 aliphatic rings. The van der Waals surface area contributed by atoms with Crippen molar-refractivity contribution in [2.45, 2.75) is 32.1 Å². The summed E-state index contributed by atoms with van der Waals surface area (Å²) in [6, 6.07) is 8.03. The van der Waals surface area contributed by atoms with E-state index in [1.807, 2.05) is 0 Å². The van der Waals surface area contributed by atoms with Gasteiger partial charge in [0.2, 0.25) is 12.3 Å². The zero-order valence-electron chi connectivity index (χ0n) is 20.4. The van der Waals surface area contributed by atoms with Crippen LogP contribution in [0.3, 0.4) is 0 Å². The molecule has 1 aliphatic heterocycles. The average Bonchev–Trinajstić information content (AvgIpc) is 3.48. The fourth-order valence-electron chi connectivity index (χ4n) is 4.18. The molecule has 1 amide bonds. The molecular weight excluding hydrogens is 515 g/mol. The number of alkyl halides is 3. The van der Waals surface area contributed by atoms with Crippen LogP contribution < -0.4 is 15.5 Å². The number of halogens is 3. The first-order chi connectivity index (χ1) is 18.7. The highest BCUT2D eigenvalue weighted by atomic mass is 19.4. The molecule has 3 aromatic heterocycles. The molecule has 0 radical (unpaired) electrons. The molecular formula is C25H20F3N9O2. The van der Waals surface area contributed by atoms with E-state index in [2.05, 4.69) is 35.8 Å². The second-order valence-corrected chi connectivity index (χ2v) is 8.69. The minimum Gasteiger partial charge on any atom is -0.426 e.